The van der Waals surface area contributed by atoms with E-state index in [0.29, 0.717) is 12.0 Å². The summed E-state index contributed by atoms with van der Waals surface area (Å²) in [4.78, 5) is 0. The summed E-state index contributed by atoms with van der Waals surface area (Å²) in [6.07, 6.45) is 29.2. The normalized spacial score (nSPS) is 13.0. The van der Waals surface area contributed by atoms with Crippen LogP contribution in [0.4, 0.5) is 0 Å². The van der Waals surface area contributed by atoms with Crippen LogP contribution in [0.15, 0.2) is 73.1 Å². The molecule has 0 fully saturated rings. The summed E-state index contributed by atoms with van der Waals surface area (Å²) < 4.78 is 4.92. The number of rotatable bonds is 22. The van der Waals surface area contributed by atoms with Crippen LogP contribution in [0.5, 0.6) is 0 Å². The van der Waals surface area contributed by atoms with Gasteiger partial charge in [-0.1, -0.05) is 151 Å². The Morgan fingerprint density at radius 2 is 1.18 bits per heavy atom. The van der Waals surface area contributed by atoms with Crippen molar-refractivity contribution >= 4 is 0 Å². The summed E-state index contributed by atoms with van der Waals surface area (Å²) in [7, 11) is 2.22. The molecule has 0 N–H and O–H groups in total. The van der Waals surface area contributed by atoms with E-state index >= 15 is 0 Å². The molecule has 0 amide bonds. The predicted octanol–water partition coefficient (Wildman–Crippen LogP) is 10.7. The Bertz CT molecular complexity index is 1010. The molecule has 0 saturated heterocycles. The molecule has 1 heterocycles. The molecule has 2 heteroatoms. The summed E-state index contributed by atoms with van der Waals surface area (Å²) in [5.41, 5.74) is 2.89. The molecule has 220 valence electrons. The number of hydrogen-bond acceptors (Lipinski definition) is 0. The van der Waals surface area contributed by atoms with Gasteiger partial charge in [-0.05, 0) is 49.7 Å². The molecule has 0 bridgehead atoms. The van der Waals surface area contributed by atoms with Gasteiger partial charge >= 0.3 is 0 Å². The number of hydrogen-bond donors (Lipinski definition) is 0. The fraction of sp³-hybridized carbons (Fsp3) is 0.605. The summed E-state index contributed by atoms with van der Waals surface area (Å²) in [6, 6.07) is 22.7. The van der Waals surface area contributed by atoms with Crippen molar-refractivity contribution in [2.75, 3.05) is 0 Å². The second-order valence-corrected chi connectivity index (χ2v) is 12.3. The Balaban J connectivity index is 1.36. The van der Waals surface area contributed by atoms with Crippen molar-refractivity contribution in [3.8, 4) is 0 Å². The molecule has 40 heavy (non-hydrogen) atoms. The minimum atomic E-state index is 0.535. The van der Waals surface area contributed by atoms with E-state index in [9.17, 15) is 0 Å². The maximum absolute atomic E-state index is 2.56. The fourth-order valence-electron chi connectivity index (χ4n) is 6.32. The van der Waals surface area contributed by atoms with E-state index in [1.807, 2.05) is 0 Å². The van der Waals surface area contributed by atoms with Crippen LogP contribution in [-0.2, 0) is 19.9 Å². The van der Waals surface area contributed by atoms with Crippen molar-refractivity contribution in [2.45, 2.75) is 141 Å². The molecule has 3 rings (SSSR count). The van der Waals surface area contributed by atoms with E-state index in [4.69, 9.17) is 0 Å². The van der Waals surface area contributed by atoms with Gasteiger partial charge in [0.25, 0.3) is 5.82 Å². The highest BCUT2D eigenvalue weighted by atomic mass is 15.1. The van der Waals surface area contributed by atoms with Crippen molar-refractivity contribution in [3.05, 3.63) is 90.0 Å². The third-order valence-electron chi connectivity index (χ3n) is 8.92. The zero-order valence-corrected chi connectivity index (χ0v) is 26.2. The first-order chi connectivity index (χ1) is 19.7. The summed E-state index contributed by atoms with van der Waals surface area (Å²) in [6.45, 7) is 4.72. The second kappa shape index (κ2) is 19.7. The maximum Gasteiger partial charge on any atom is 0.256 e. The lowest BCUT2D eigenvalue weighted by atomic mass is 9.88. The standard InChI is InChI=1S/C38H59N2/c1-4-5-6-7-8-9-10-11-12-13-14-15-16-19-24-34(2)40-32-31-39(3)38(40)30-29-37(36-27-22-18-23-28-36)33-35-25-20-17-21-26-35/h17-18,20-23,25-28,31-32,34,37H,4-16,19,24,29-30,33H2,1-3H3/q+1. The van der Waals surface area contributed by atoms with Crippen LogP contribution >= 0.6 is 0 Å². The van der Waals surface area contributed by atoms with Crippen molar-refractivity contribution < 1.29 is 4.57 Å². The lowest BCUT2D eigenvalue weighted by molar-refractivity contribution is -0.679. The van der Waals surface area contributed by atoms with Crippen LogP contribution in [0.1, 0.15) is 145 Å². The molecule has 2 nitrogen and oxygen atoms in total. The largest absolute Gasteiger partial charge is 0.256 e. The number of nitrogens with zero attached hydrogens (tertiary/aromatic N) is 2. The van der Waals surface area contributed by atoms with E-state index in [2.05, 4.69) is 103 Å². The topological polar surface area (TPSA) is 8.81 Å². The fourth-order valence-corrected chi connectivity index (χ4v) is 6.32. The van der Waals surface area contributed by atoms with Gasteiger partial charge in [0.15, 0.2) is 0 Å². The molecule has 0 aliphatic heterocycles. The van der Waals surface area contributed by atoms with Crippen LogP contribution in [-0.4, -0.2) is 4.57 Å². The van der Waals surface area contributed by atoms with E-state index in [1.165, 1.54) is 120 Å². The van der Waals surface area contributed by atoms with E-state index in [1.54, 1.807) is 0 Å². The minimum absolute atomic E-state index is 0.535. The van der Waals surface area contributed by atoms with Gasteiger partial charge in [0.2, 0.25) is 0 Å². The second-order valence-electron chi connectivity index (χ2n) is 12.3. The van der Waals surface area contributed by atoms with Gasteiger partial charge in [-0.15, -0.1) is 0 Å². The first-order valence-electron chi connectivity index (χ1n) is 16.8. The first-order valence-corrected chi connectivity index (χ1v) is 16.8. The van der Waals surface area contributed by atoms with Gasteiger partial charge in [0.05, 0.1) is 13.1 Å². The Labute approximate surface area is 247 Å². The molecule has 3 aromatic rings. The van der Waals surface area contributed by atoms with Gasteiger partial charge < -0.3 is 0 Å². The highest BCUT2D eigenvalue weighted by molar-refractivity contribution is 5.24. The molecule has 1 aromatic heterocycles. The molecule has 0 aliphatic rings. The SMILES string of the molecule is CCCCCCCCCCCCCCCCC(C)n1cc[n+](C)c1CCC(Cc1ccccc1)c1ccccc1. The van der Waals surface area contributed by atoms with E-state index in [-0.39, 0.29) is 0 Å². The lowest BCUT2D eigenvalue weighted by Gasteiger charge is -2.18. The third kappa shape index (κ3) is 12.0. The van der Waals surface area contributed by atoms with Gasteiger partial charge in [0, 0.05) is 6.42 Å². The molecular weight excluding hydrogens is 484 g/mol. The number of imidazole rings is 1. The Morgan fingerprint density at radius 3 is 1.75 bits per heavy atom. The number of aromatic nitrogens is 2. The highest BCUT2D eigenvalue weighted by Gasteiger charge is 2.22. The smallest absolute Gasteiger partial charge is 0.237 e. The number of aryl methyl sites for hydroxylation is 1. The zero-order chi connectivity index (χ0) is 28.3. The maximum atomic E-state index is 2.56. The van der Waals surface area contributed by atoms with E-state index in [0.717, 1.165) is 12.8 Å². The van der Waals surface area contributed by atoms with Gasteiger partial charge in [-0.2, -0.15) is 0 Å². The monoisotopic (exact) mass is 543 g/mol. The molecule has 0 saturated carbocycles. The zero-order valence-electron chi connectivity index (χ0n) is 26.2. The highest BCUT2D eigenvalue weighted by Crippen LogP contribution is 2.27. The Kier molecular flexibility index (Phi) is 15.8. The van der Waals surface area contributed by atoms with Crippen LogP contribution in [0.3, 0.4) is 0 Å². The number of unbranched alkanes of at least 4 members (excludes halogenated alkanes) is 13. The van der Waals surface area contributed by atoms with Crippen LogP contribution in [0.2, 0.25) is 0 Å². The van der Waals surface area contributed by atoms with Crippen molar-refractivity contribution in [2.24, 2.45) is 7.05 Å². The predicted molar refractivity (Wildman–Crippen MR) is 173 cm³/mol. The number of benzene rings is 2. The molecule has 2 aromatic carbocycles. The summed E-state index contributed by atoms with van der Waals surface area (Å²) in [5.74, 6) is 2.00. The van der Waals surface area contributed by atoms with Crippen molar-refractivity contribution in [3.63, 3.8) is 0 Å². The van der Waals surface area contributed by atoms with Crippen molar-refractivity contribution in [1.29, 1.82) is 0 Å². The van der Waals surface area contributed by atoms with Crippen LogP contribution in [0.25, 0.3) is 0 Å². The molecule has 2 atom stereocenters. The van der Waals surface area contributed by atoms with E-state index < -0.39 is 0 Å². The summed E-state index contributed by atoms with van der Waals surface area (Å²) >= 11 is 0. The Morgan fingerprint density at radius 1 is 0.650 bits per heavy atom. The quantitative estimate of drug-likeness (QED) is 0.0880. The van der Waals surface area contributed by atoms with Crippen LogP contribution < -0.4 is 4.57 Å². The Hall–Kier alpha value is -2.35. The molecule has 2 unspecified atom stereocenters. The van der Waals surface area contributed by atoms with Crippen LogP contribution in [0, 0.1) is 0 Å². The van der Waals surface area contributed by atoms with Gasteiger partial charge in [-0.25, -0.2) is 9.13 Å². The van der Waals surface area contributed by atoms with Gasteiger partial charge in [0.1, 0.15) is 12.4 Å². The first kappa shape index (κ1) is 32.2. The molecule has 0 aliphatic carbocycles. The average molecular weight is 544 g/mol. The third-order valence-corrected chi connectivity index (χ3v) is 8.92. The molecular formula is C38H59N2+. The van der Waals surface area contributed by atoms with Gasteiger partial charge in [-0.3, -0.25) is 0 Å². The average Bonchev–Trinajstić information content (AvgIpc) is 3.36. The molecule has 0 spiro atoms. The van der Waals surface area contributed by atoms with Crippen molar-refractivity contribution in [1.82, 2.24) is 4.57 Å². The minimum Gasteiger partial charge on any atom is -0.237 e. The summed E-state index contributed by atoms with van der Waals surface area (Å²) in [5, 5.41) is 0. The molecule has 0 radical (unpaired) electrons. The lowest BCUT2D eigenvalue weighted by Crippen LogP contribution is -2.33.